The lowest BCUT2D eigenvalue weighted by molar-refractivity contribution is -0.147. The lowest BCUT2D eigenvalue weighted by Gasteiger charge is -2.08. The summed E-state index contributed by atoms with van der Waals surface area (Å²) in [5.74, 6) is -0.0605. The minimum absolute atomic E-state index is 0.0341. The van der Waals surface area contributed by atoms with E-state index in [1.165, 1.54) is 0 Å². The molecular formula is C8H17NO2. The van der Waals surface area contributed by atoms with Gasteiger partial charge in [-0.2, -0.15) is 0 Å². The van der Waals surface area contributed by atoms with Crippen molar-refractivity contribution in [3.63, 3.8) is 0 Å². The zero-order valence-corrected chi connectivity index (χ0v) is 7.52. The maximum atomic E-state index is 11.0. The van der Waals surface area contributed by atoms with E-state index in [1.807, 2.05) is 20.9 Å². The molecule has 11 heavy (non-hydrogen) atoms. The Kier molecular flexibility index (Phi) is 5.84. The molecule has 0 saturated carbocycles. The van der Waals surface area contributed by atoms with Crippen molar-refractivity contribution >= 4 is 5.97 Å². The summed E-state index contributed by atoms with van der Waals surface area (Å²) in [6.45, 7) is 5.05. The Morgan fingerprint density at radius 3 is 2.73 bits per heavy atom. The second-order valence-electron chi connectivity index (χ2n) is 2.58. The highest BCUT2D eigenvalue weighted by Gasteiger charge is 2.10. The summed E-state index contributed by atoms with van der Waals surface area (Å²) in [6, 6.07) is 0. The second-order valence-corrected chi connectivity index (χ2v) is 2.58. The third-order valence-corrected chi connectivity index (χ3v) is 1.61. The fourth-order valence-electron chi connectivity index (χ4n) is 0.563. The minimum Gasteiger partial charge on any atom is -0.464 e. The molecule has 0 aliphatic carbocycles. The van der Waals surface area contributed by atoms with Crippen LogP contribution in [0.3, 0.4) is 0 Å². The number of esters is 1. The van der Waals surface area contributed by atoms with Crippen molar-refractivity contribution in [2.75, 3.05) is 20.2 Å². The number of nitrogens with one attached hydrogen (secondary N) is 1. The summed E-state index contributed by atoms with van der Waals surface area (Å²) in [7, 11) is 1.83. The number of likely N-dealkylation sites (N-methyl/N-ethyl adjacent to an activating group) is 1. The first kappa shape index (κ1) is 10.4. The van der Waals surface area contributed by atoms with E-state index in [4.69, 9.17) is 4.74 Å². The first-order valence-corrected chi connectivity index (χ1v) is 4.03. The Morgan fingerprint density at radius 1 is 1.64 bits per heavy atom. The fraction of sp³-hybridized carbons (Fsp3) is 0.875. The number of hydrogen-bond acceptors (Lipinski definition) is 3. The van der Waals surface area contributed by atoms with Gasteiger partial charge in [-0.1, -0.05) is 13.8 Å². The Labute approximate surface area is 68.1 Å². The molecule has 0 heterocycles. The molecule has 0 amide bonds. The van der Waals surface area contributed by atoms with E-state index in [-0.39, 0.29) is 11.9 Å². The van der Waals surface area contributed by atoms with Gasteiger partial charge in [0.25, 0.3) is 0 Å². The van der Waals surface area contributed by atoms with E-state index in [1.54, 1.807) is 0 Å². The van der Waals surface area contributed by atoms with Gasteiger partial charge < -0.3 is 10.1 Å². The van der Waals surface area contributed by atoms with Gasteiger partial charge in [0.05, 0.1) is 5.92 Å². The monoisotopic (exact) mass is 159 g/mol. The molecule has 1 atom stereocenters. The zero-order valence-electron chi connectivity index (χ0n) is 7.52. The molecule has 0 radical (unpaired) electrons. The van der Waals surface area contributed by atoms with Gasteiger partial charge in [0, 0.05) is 6.54 Å². The Balaban J connectivity index is 3.36. The minimum atomic E-state index is -0.0947. The van der Waals surface area contributed by atoms with Crippen LogP contribution in [0, 0.1) is 5.92 Å². The van der Waals surface area contributed by atoms with E-state index in [0.29, 0.717) is 6.61 Å². The predicted molar refractivity (Wildman–Crippen MR) is 44.3 cm³/mol. The van der Waals surface area contributed by atoms with Crippen molar-refractivity contribution in [2.45, 2.75) is 20.3 Å². The highest BCUT2D eigenvalue weighted by atomic mass is 16.5. The van der Waals surface area contributed by atoms with Crippen molar-refractivity contribution in [1.82, 2.24) is 5.32 Å². The SMILES string of the molecule is CCC(C)C(=O)OCCNC. The van der Waals surface area contributed by atoms with Gasteiger partial charge >= 0.3 is 5.97 Å². The average molecular weight is 159 g/mol. The molecule has 0 saturated heterocycles. The largest absolute Gasteiger partial charge is 0.464 e. The Morgan fingerprint density at radius 2 is 2.27 bits per heavy atom. The molecule has 0 spiro atoms. The molecule has 0 bridgehead atoms. The van der Waals surface area contributed by atoms with Gasteiger partial charge in [0.2, 0.25) is 0 Å². The predicted octanol–water partition coefficient (Wildman–Crippen LogP) is 0.795. The molecule has 0 aromatic heterocycles. The van der Waals surface area contributed by atoms with Crippen LogP contribution in [0.4, 0.5) is 0 Å². The topological polar surface area (TPSA) is 38.3 Å². The van der Waals surface area contributed by atoms with Crippen molar-refractivity contribution in [3.8, 4) is 0 Å². The summed E-state index contributed by atoms with van der Waals surface area (Å²) >= 11 is 0. The molecule has 1 unspecified atom stereocenters. The third kappa shape index (κ3) is 4.79. The van der Waals surface area contributed by atoms with E-state index in [2.05, 4.69) is 5.32 Å². The standard InChI is InChI=1S/C8H17NO2/c1-4-7(2)8(10)11-6-5-9-3/h7,9H,4-6H2,1-3H3. The first-order valence-electron chi connectivity index (χ1n) is 4.03. The molecule has 66 valence electrons. The van der Waals surface area contributed by atoms with Crippen LogP contribution in [0.2, 0.25) is 0 Å². The van der Waals surface area contributed by atoms with Crippen LogP contribution in [0.1, 0.15) is 20.3 Å². The van der Waals surface area contributed by atoms with E-state index >= 15 is 0 Å². The van der Waals surface area contributed by atoms with Crippen molar-refractivity contribution in [3.05, 3.63) is 0 Å². The van der Waals surface area contributed by atoms with Crippen LogP contribution in [0.25, 0.3) is 0 Å². The number of carbonyl (C=O) groups excluding carboxylic acids is 1. The average Bonchev–Trinajstić information content (AvgIpc) is 2.03. The molecule has 0 fully saturated rings. The summed E-state index contributed by atoms with van der Waals surface area (Å²) in [6.07, 6.45) is 0.846. The molecular weight excluding hydrogens is 142 g/mol. The molecule has 0 aromatic rings. The molecule has 0 rings (SSSR count). The number of carbonyl (C=O) groups is 1. The van der Waals surface area contributed by atoms with Gasteiger partial charge in [-0.25, -0.2) is 0 Å². The van der Waals surface area contributed by atoms with Crippen molar-refractivity contribution in [2.24, 2.45) is 5.92 Å². The number of hydrogen-bond donors (Lipinski definition) is 1. The van der Waals surface area contributed by atoms with Crippen molar-refractivity contribution in [1.29, 1.82) is 0 Å². The highest BCUT2D eigenvalue weighted by Crippen LogP contribution is 2.02. The van der Waals surface area contributed by atoms with Crippen LogP contribution < -0.4 is 5.32 Å². The number of rotatable bonds is 5. The third-order valence-electron chi connectivity index (χ3n) is 1.61. The summed E-state index contributed by atoms with van der Waals surface area (Å²) in [4.78, 5) is 11.0. The van der Waals surface area contributed by atoms with Crippen molar-refractivity contribution < 1.29 is 9.53 Å². The maximum absolute atomic E-state index is 11.0. The fourth-order valence-corrected chi connectivity index (χ4v) is 0.563. The van der Waals surface area contributed by atoms with Gasteiger partial charge in [-0.3, -0.25) is 4.79 Å². The van der Waals surface area contributed by atoms with E-state index in [0.717, 1.165) is 13.0 Å². The highest BCUT2D eigenvalue weighted by molar-refractivity contribution is 5.71. The second kappa shape index (κ2) is 6.16. The quantitative estimate of drug-likeness (QED) is 0.476. The van der Waals surface area contributed by atoms with Crippen LogP contribution in [-0.2, 0) is 9.53 Å². The molecule has 0 aliphatic rings. The van der Waals surface area contributed by atoms with Crippen LogP contribution in [0.5, 0.6) is 0 Å². The molecule has 3 nitrogen and oxygen atoms in total. The summed E-state index contributed by atoms with van der Waals surface area (Å²) in [5, 5.41) is 2.90. The molecule has 0 aromatic carbocycles. The first-order chi connectivity index (χ1) is 5.22. The Hall–Kier alpha value is -0.570. The molecule has 0 aliphatic heterocycles. The van der Waals surface area contributed by atoms with Gasteiger partial charge in [0.1, 0.15) is 6.61 Å². The van der Waals surface area contributed by atoms with Gasteiger partial charge in [-0.05, 0) is 13.5 Å². The molecule has 1 N–H and O–H groups in total. The lowest BCUT2D eigenvalue weighted by Crippen LogP contribution is -2.20. The van der Waals surface area contributed by atoms with E-state index in [9.17, 15) is 4.79 Å². The summed E-state index contributed by atoms with van der Waals surface area (Å²) in [5.41, 5.74) is 0. The van der Waals surface area contributed by atoms with E-state index < -0.39 is 0 Å². The maximum Gasteiger partial charge on any atom is 0.308 e. The van der Waals surface area contributed by atoms with Gasteiger partial charge in [-0.15, -0.1) is 0 Å². The zero-order chi connectivity index (χ0) is 8.69. The Bertz CT molecular complexity index is 115. The smallest absolute Gasteiger partial charge is 0.308 e. The van der Waals surface area contributed by atoms with Crippen LogP contribution >= 0.6 is 0 Å². The van der Waals surface area contributed by atoms with Crippen LogP contribution in [-0.4, -0.2) is 26.2 Å². The van der Waals surface area contributed by atoms with Crippen LogP contribution in [0.15, 0.2) is 0 Å². The number of ether oxygens (including phenoxy) is 1. The molecule has 3 heteroatoms. The normalized spacial score (nSPS) is 12.6. The summed E-state index contributed by atoms with van der Waals surface area (Å²) < 4.78 is 4.93. The van der Waals surface area contributed by atoms with Gasteiger partial charge in [0.15, 0.2) is 0 Å². The lowest BCUT2D eigenvalue weighted by atomic mass is 10.1.